The van der Waals surface area contributed by atoms with E-state index in [-0.39, 0.29) is 5.91 Å². The van der Waals surface area contributed by atoms with Gasteiger partial charge in [0.1, 0.15) is 0 Å². The Kier molecular flexibility index (Phi) is 3.35. The third-order valence-electron chi connectivity index (χ3n) is 2.15. The lowest BCUT2D eigenvalue weighted by molar-refractivity contribution is 0.102. The smallest absolute Gasteiger partial charge is 0.256 e. The maximum atomic E-state index is 11.9. The van der Waals surface area contributed by atoms with E-state index in [9.17, 15) is 4.79 Å². The van der Waals surface area contributed by atoms with E-state index in [4.69, 9.17) is 11.6 Å². The first-order valence-corrected chi connectivity index (χ1v) is 5.39. The molecule has 17 heavy (non-hydrogen) atoms. The van der Waals surface area contributed by atoms with Crippen LogP contribution >= 0.6 is 11.6 Å². The lowest BCUT2D eigenvalue weighted by atomic mass is 10.2. The van der Waals surface area contributed by atoms with Crippen LogP contribution in [0.25, 0.3) is 0 Å². The first-order valence-electron chi connectivity index (χ1n) is 5.01. The van der Waals surface area contributed by atoms with E-state index in [1.807, 2.05) is 6.92 Å². The van der Waals surface area contributed by atoms with Crippen molar-refractivity contribution in [3.8, 4) is 0 Å². The molecule has 0 aliphatic carbocycles. The Balaban J connectivity index is 2.20. The molecule has 0 saturated carbocycles. The molecule has 0 spiro atoms. The molecule has 5 heteroatoms. The number of aromatic nitrogens is 2. The van der Waals surface area contributed by atoms with Crippen LogP contribution in [0.15, 0.2) is 36.7 Å². The van der Waals surface area contributed by atoms with Crippen molar-refractivity contribution in [3.05, 3.63) is 52.9 Å². The number of anilines is 1. The number of carbonyl (C=O) groups excluding carboxylic acids is 1. The van der Waals surface area contributed by atoms with Crippen LogP contribution in [-0.4, -0.2) is 15.9 Å². The van der Waals surface area contributed by atoms with Gasteiger partial charge in [-0.2, -0.15) is 0 Å². The van der Waals surface area contributed by atoms with Gasteiger partial charge in [-0.1, -0.05) is 11.6 Å². The standard InChI is InChI=1S/C12H10ClN3O/c1-8-7-9(4-6-14-8)12(17)16-11-10(13)3-2-5-15-11/h2-7H,1H3,(H,15,16,17). The summed E-state index contributed by atoms with van der Waals surface area (Å²) in [7, 11) is 0. The number of aryl methyl sites for hydroxylation is 1. The van der Waals surface area contributed by atoms with Crippen LogP contribution in [0.2, 0.25) is 5.02 Å². The minimum Gasteiger partial charge on any atom is -0.305 e. The molecule has 1 N–H and O–H groups in total. The van der Waals surface area contributed by atoms with E-state index >= 15 is 0 Å². The molecule has 4 nitrogen and oxygen atoms in total. The summed E-state index contributed by atoms with van der Waals surface area (Å²) in [5.41, 5.74) is 1.31. The van der Waals surface area contributed by atoms with Crippen molar-refractivity contribution in [1.29, 1.82) is 0 Å². The van der Waals surface area contributed by atoms with E-state index in [1.165, 1.54) is 0 Å². The fourth-order valence-corrected chi connectivity index (χ4v) is 1.51. The average molecular weight is 248 g/mol. The van der Waals surface area contributed by atoms with Crippen molar-refractivity contribution in [1.82, 2.24) is 9.97 Å². The first kappa shape index (κ1) is 11.5. The Bertz CT molecular complexity index is 557. The zero-order chi connectivity index (χ0) is 12.3. The van der Waals surface area contributed by atoms with E-state index in [0.29, 0.717) is 16.4 Å². The maximum Gasteiger partial charge on any atom is 0.256 e. The summed E-state index contributed by atoms with van der Waals surface area (Å²) < 4.78 is 0. The minimum atomic E-state index is -0.254. The van der Waals surface area contributed by atoms with Crippen molar-refractivity contribution in [2.24, 2.45) is 0 Å². The molecule has 2 aromatic rings. The lowest BCUT2D eigenvalue weighted by Crippen LogP contribution is -2.13. The molecular formula is C12H10ClN3O. The Morgan fingerprint density at radius 3 is 2.82 bits per heavy atom. The van der Waals surface area contributed by atoms with Crippen LogP contribution < -0.4 is 5.32 Å². The van der Waals surface area contributed by atoms with E-state index in [0.717, 1.165) is 5.69 Å². The van der Waals surface area contributed by atoms with Gasteiger partial charge in [0.25, 0.3) is 5.91 Å². The van der Waals surface area contributed by atoms with Gasteiger partial charge in [0.2, 0.25) is 0 Å². The first-order chi connectivity index (χ1) is 8.16. The molecule has 0 atom stereocenters. The number of hydrogen-bond donors (Lipinski definition) is 1. The highest BCUT2D eigenvalue weighted by Crippen LogP contribution is 2.18. The normalized spacial score (nSPS) is 10.0. The molecule has 0 aliphatic rings. The molecule has 0 unspecified atom stereocenters. The third-order valence-corrected chi connectivity index (χ3v) is 2.45. The summed E-state index contributed by atoms with van der Waals surface area (Å²) in [6.45, 7) is 1.82. The van der Waals surface area contributed by atoms with Crippen LogP contribution in [0.5, 0.6) is 0 Å². The molecule has 1 amide bonds. The van der Waals surface area contributed by atoms with Gasteiger partial charge < -0.3 is 5.32 Å². The molecule has 0 aromatic carbocycles. The number of carbonyl (C=O) groups is 1. The number of hydrogen-bond acceptors (Lipinski definition) is 3. The summed E-state index contributed by atoms with van der Waals surface area (Å²) in [6, 6.07) is 6.71. The molecule has 0 bridgehead atoms. The fourth-order valence-electron chi connectivity index (χ4n) is 1.34. The third kappa shape index (κ3) is 2.79. The molecule has 2 rings (SSSR count). The van der Waals surface area contributed by atoms with E-state index < -0.39 is 0 Å². The van der Waals surface area contributed by atoms with Gasteiger partial charge in [-0.05, 0) is 31.2 Å². The highest BCUT2D eigenvalue weighted by molar-refractivity contribution is 6.33. The molecular weight excluding hydrogens is 238 g/mol. The summed E-state index contributed by atoms with van der Waals surface area (Å²) in [6.07, 6.45) is 3.16. The van der Waals surface area contributed by atoms with Gasteiger partial charge in [0.05, 0.1) is 5.02 Å². The number of rotatable bonds is 2. The molecule has 0 fully saturated rings. The molecule has 0 aliphatic heterocycles. The zero-order valence-electron chi connectivity index (χ0n) is 9.14. The zero-order valence-corrected chi connectivity index (χ0v) is 9.90. The Morgan fingerprint density at radius 1 is 1.29 bits per heavy atom. The molecule has 2 heterocycles. The van der Waals surface area contributed by atoms with Crippen LogP contribution in [0.4, 0.5) is 5.82 Å². The van der Waals surface area contributed by atoms with E-state index in [2.05, 4.69) is 15.3 Å². The number of nitrogens with one attached hydrogen (secondary N) is 1. The number of amides is 1. The Labute approximate surface area is 104 Å². The van der Waals surface area contributed by atoms with Crippen molar-refractivity contribution < 1.29 is 4.79 Å². The van der Waals surface area contributed by atoms with Crippen LogP contribution in [0.3, 0.4) is 0 Å². The summed E-state index contributed by atoms with van der Waals surface area (Å²) in [5, 5.41) is 3.05. The van der Waals surface area contributed by atoms with Crippen molar-refractivity contribution >= 4 is 23.3 Å². The highest BCUT2D eigenvalue weighted by Gasteiger charge is 2.09. The molecule has 86 valence electrons. The predicted molar refractivity (Wildman–Crippen MR) is 66.2 cm³/mol. The summed E-state index contributed by atoms with van der Waals surface area (Å²) in [5.74, 6) is 0.102. The Hall–Kier alpha value is -1.94. The number of nitrogens with zero attached hydrogens (tertiary/aromatic N) is 2. The van der Waals surface area contributed by atoms with Crippen LogP contribution in [-0.2, 0) is 0 Å². The summed E-state index contributed by atoms with van der Waals surface area (Å²) in [4.78, 5) is 19.9. The average Bonchev–Trinajstić information content (AvgIpc) is 2.32. The van der Waals surface area contributed by atoms with Gasteiger partial charge in [-0.3, -0.25) is 9.78 Å². The monoisotopic (exact) mass is 247 g/mol. The van der Waals surface area contributed by atoms with Crippen molar-refractivity contribution in [3.63, 3.8) is 0 Å². The lowest BCUT2D eigenvalue weighted by Gasteiger charge is -2.05. The number of pyridine rings is 2. The maximum absolute atomic E-state index is 11.9. The largest absolute Gasteiger partial charge is 0.305 e. The minimum absolute atomic E-state index is 0.254. The highest BCUT2D eigenvalue weighted by atomic mass is 35.5. The topological polar surface area (TPSA) is 54.9 Å². The second-order valence-corrected chi connectivity index (χ2v) is 3.88. The molecule has 2 aromatic heterocycles. The SMILES string of the molecule is Cc1cc(C(=O)Nc2ncccc2Cl)ccn1. The predicted octanol–water partition coefficient (Wildman–Crippen LogP) is 2.69. The fraction of sp³-hybridized carbons (Fsp3) is 0.0833. The molecule has 0 radical (unpaired) electrons. The molecule has 0 saturated heterocycles. The van der Waals surface area contributed by atoms with Crippen LogP contribution in [0.1, 0.15) is 16.1 Å². The van der Waals surface area contributed by atoms with E-state index in [1.54, 1.807) is 36.7 Å². The van der Waals surface area contributed by atoms with Gasteiger partial charge >= 0.3 is 0 Å². The van der Waals surface area contributed by atoms with Crippen LogP contribution in [0, 0.1) is 6.92 Å². The second kappa shape index (κ2) is 4.93. The Morgan fingerprint density at radius 2 is 2.12 bits per heavy atom. The van der Waals surface area contributed by atoms with Gasteiger partial charge in [-0.25, -0.2) is 4.98 Å². The number of halogens is 1. The summed E-state index contributed by atoms with van der Waals surface area (Å²) >= 11 is 5.90. The van der Waals surface area contributed by atoms with Gasteiger partial charge in [-0.15, -0.1) is 0 Å². The van der Waals surface area contributed by atoms with Gasteiger partial charge in [0.15, 0.2) is 5.82 Å². The second-order valence-electron chi connectivity index (χ2n) is 3.47. The quantitative estimate of drug-likeness (QED) is 0.888. The van der Waals surface area contributed by atoms with Gasteiger partial charge in [0, 0.05) is 23.7 Å². The van der Waals surface area contributed by atoms with Crippen molar-refractivity contribution in [2.75, 3.05) is 5.32 Å². The van der Waals surface area contributed by atoms with Crippen molar-refractivity contribution in [2.45, 2.75) is 6.92 Å².